The monoisotopic (exact) mass is 311 g/mol. The fourth-order valence-corrected chi connectivity index (χ4v) is 2.39. The number of hydrogen-bond donors (Lipinski definition) is 4. The van der Waals surface area contributed by atoms with Gasteiger partial charge in [0.2, 0.25) is 12.2 Å². The summed E-state index contributed by atoms with van der Waals surface area (Å²) in [6.45, 7) is 2.72. The van der Waals surface area contributed by atoms with E-state index in [2.05, 4.69) is 5.32 Å². The molecular formula is C15H21NO6. The molecule has 0 saturated carbocycles. The lowest BCUT2D eigenvalue weighted by Crippen LogP contribution is -2.65. The zero-order valence-electron chi connectivity index (χ0n) is 12.5. The van der Waals surface area contributed by atoms with Crippen LogP contribution in [0.4, 0.5) is 0 Å². The van der Waals surface area contributed by atoms with E-state index >= 15 is 0 Å². The summed E-state index contributed by atoms with van der Waals surface area (Å²) in [6.07, 6.45) is -4.65. The minimum atomic E-state index is -1.32. The Balaban J connectivity index is 2.21. The minimum Gasteiger partial charge on any atom is -0.463 e. The first-order valence-electron chi connectivity index (χ1n) is 7.05. The molecule has 0 aromatic heterocycles. The summed E-state index contributed by atoms with van der Waals surface area (Å²) in [6, 6.07) is 6.24. The molecule has 1 aromatic rings. The molecule has 1 aliphatic rings. The van der Waals surface area contributed by atoms with Crippen LogP contribution in [0.25, 0.3) is 0 Å². The lowest BCUT2D eigenvalue weighted by molar-refractivity contribution is -0.244. The van der Waals surface area contributed by atoms with Gasteiger partial charge in [-0.05, 0) is 24.6 Å². The van der Waals surface area contributed by atoms with Gasteiger partial charge in [0.05, 0.1) is 6.61 Å². The van der Waals surface area contributed by atoms with Crippen molar-refractivity contribution in [2.75, 3.05) is 6.61 Å². The standard InChI is InChI=1S/C15H21NO6/c1-8-4-3-5-10(6-8)21-15-12(16-9(2)18)14(20)13(19)11(7-17)22-15/h3-6,11-15,17,19-20H,7H2,1-2H3,(H,16,18)/t11-,12-,13+,14-,15-/m0/s1. The highest BCUT2D eigenvalue weighted by atomic mass is 16.7. The van der Waals surface area contributed by atoms with E-state index in [4.69, 9.17) is 9.47 Å². The second kappa shape index (κ2) is 7.06. The number of ether oxygens (including phenoxy) is 2. The SMILES string of the molecule is CC(=O)N[C@@H]1[C@@H](Oc2cccc(C)c2)O[C@@H](CO)[C@@H](O)[C@H]1O. The van der Waals surface area contributed by atoms with Gasteiger partial charge < -0.3 is 30.1 Å². The van der Waals surface area contributed by atoms with Gasteiger partial charge in [-0.15, -0.1) is 0 Å². The Morgan fingerprint density at radius 2 is 2.09 bits per heavy atom. The van der Waals surface area contributed by atoms with Gasteiger partial charge in [0.15, 0.2) is 0 Å². The zero-order chi connectivity index (χ0) is 16.3. The third-order valence-corrected chi connectivity index (χ3v) is 3.49. The molecule has 4 N–H and O–H groups in total. The third-order valence-electron chi connectivity index (χ3n) is 3.49. The van der Waals surface area contributed by atoms with Crippen molar-refractivity contribution >= 4 is 5.91 Å². The van der Waals surface area contributed by atoms with Crippen LogP contribution in [0.1, 0.15) is 12.5 Å². The predicted molar refractivity (Wildman–Crippen MR) is 77.2 cm³/mol. The van der Waals surface area contributed by atoms with Gasteiger partial charge in [0, 0.05) is 6.92 Å². The van der Waals surface area contributed by atoms with E-state index in [0.29, 0.717) is 5.75 Å². The molecule has 0 aliphatic carbocycles. The van der Waals surface area contributed by atoms with Crippen LogP contribution in [-0.2, 0) is 9.53 Å². The Kier molecular flexibility index (Phi) is 5.36. The number of hydrogen-bond acceptors (Lipinski definition) is 6. The Morgan fingerprint density at radius 3 is 2.68 bits per heavy atom. The first kappa shape index (κ1) is 16.7. The van der Waals surface area contributed by atoms with Crippen molar-refractivity contribution in [1.29, 1.82) is 0 Å². The largest absolute Gasteiger partial charge is 0.463 e. The highest BCUT2D eigenvalue weighted by molar-refractivity contribution is 5.73. The highest BCUT2D eigenvalue weighted by Crippen LogP contribution is 2.24. The van der Waals surface area contributed by atoms with E-state index in [1.165, 1.54) is 6.92 Å². The smallest absolute Gasteiger partial charge is 0.223 e. The van der Waals surface area contributed by atoms with E-state index in [1.807, 2.05) is 13.0 Å². The molecule has 1 amide bonds. The molecule has 7 nitrogen and oxygen atoms in total. The molecule has 0 unspecified atom stereocenters. The third kappa shape index (κ3) is 3.75. The molecule has 2 rings (SSSR count). The van der Waals surface area contributed by atoms with E-state index < -0.39 is 37.3 Å². The van der Waals surface area contributed by atoms with Crippen LogP contribution in [0.3, 0.4) is 0 Å². The molecule has 5 atom stereocenters. The average Bonchev–Trinajstić information content (AvgIpc) is 2.46. The maximum absolute atomic E-state index is 11.3. The number of nitrogens with one attached hydrogen (secondary N) is 1. The van der Waals surface area contributed by atoms with Gasteiger partial charge >= 0.3 is 0 Å². The van der Waals surface area contributed by atoms with Crippen LogP contribution in [0.2, 0.25) is 0 Å². The summed E-state index contributed by atoms with van der Waals surface area (Å²) in [4.78, 5) is 11.3. The van der Waals surface area contributed by atoms with Gasteiger partial charge in [-0.25, -0.2) is 0 Å². The summed E-state index contributed by atoms with van der Waals surface area (Å²) in [5, 5.41) is 31.8. The Morgan fingerprint density at radius 1 is 1.36 bits per heavy atom. The number of aryl methyl sites for hydroxylation is 1. The van der Waals surface area contributed by atoms with Crippen molar-refractivity contribution in [3.63, 3.8) is 0 Å². The average molecular weight is 311 g/mol. The van der Waals surface area contributed by atoms with Crippen LogP contribution < -0.4 is 10.1 Å². The maximum atomic E-state index is 11.3. The Bertz CT molecular complexity index is 523. The molecule has 1 saturated heterocycles. The molecule has 1 aromatic carbocycles. The second-order valence-electron chi connectivity index (χ2n) is 5.37. The molecule has 1 fully saturated rings. The molecule has 0 radical (unpaired) electrons. The van der Waals surface area contributed by atoms with Crippen LogP contribution in [-0.4, -0.2) is 58.5 Å². The number of carbonyl (C=O) groups is 1. The first-order chi connectivity index (χ1) is 10.4. The van der Waals surface area contributed by atoms with E-state index in [-0.39, 0.29) is 5.91 Å². The maximum Gasteiger partial charge on any atom is 0.223 e. The molecule has 0 spiro atoms. The van der Waals surface area contributed by atoms with Gasteiger partial charge in [0.25, 0.3) is 0 Å². The lowest BCUT2D eigenvalue weighted by Gasteiger charge is -2.42. The van der Waals surface area contributed by atoms with Gasteiger partial charge in [0.1, 0.15) is 30.1 Å². The minimum absolute atomic E-state index is 0.389. The number of benzene rings is 1. The number of aliphatic hydroxyl groups excluding tert-OH is 3. The summed E-state index contributed by atoms with van der Waals surface area (Å²) in [7, 11) is 0. The molecule has 1 aliphatic heterocycles. The molecule has 7 heteroatoms. The van der Waals surface area contributed by atoms with Gasteiger partial charge in [-0.3, -0.25) is 4.79 Å². The van der Waals surface area contributed by atoms with Crippen molar-refractivity contribution in [3.8, 4) is 5.75 Å². The van der Waals surface area contributed by atoms with Crippen molar-refractivity contribution in [2.45, 2.75) is 44.5 Å². The summed E-state index contributed by atoms with van der Waals surface area (Å²) in [5.74, 6) is 0.112. The summed E-state index contributed by atoms with van der Waals surface area (Å²) >= 11 is 0. The Labute approximate surface area is 128 Å². The van der Waals surface area contributed by atoms with E-state index in [9.17, 15) is 20.1 Å². The molecular weight excluding hydrogens is 290 g/mol. The number of carbonyl (C=O) groups excluding carboxylic acids is 1. The highest BCUT2D eigenvalue weighted by Gasteiger charge is 2.46. The van der Waals surface area contributed by atoms with E-state index in [1.54, 1.807) is 18.2 Å². The van der Waals surface area contributed by atoms with Crippen molar-refractivity contribution < 1.29 is 29.6 Å². The fourth-order valence-electron chi connectivity index (χ4n) is 2.39. The fraction of sp³-hybridized carbons (Fsp3) is 0.533. The molecule has 1 heterocycles. The molecule has 22 heavy (non-hydrogen) atoms. The number of rotatable bonds is 4. The van der Waals surface area contributed by atoms with Crippen LogP contribution in [0, 0.1) is 6.92 Å². The molecule has 122 valence electrons. The molecule has 0 bridgehead atoms. The topological polar surface area (TPSA) is 108 Å². The van der Waals surface area contributed by atoms with Gasteiger partial charge in [-0.1, -0.05) is 12.1 Å². The lowest BCUT2D eigenvalue weighted by atomic mass is 9.97. The number of aliphatic hydroxyl groups is 3. The van der Waals surface area contributed by atoms with Crippen LogP contribution in [0.5, 0.6) is 5.75 Å². The Hall–Kier alpha value is -1.67. The van der Waals surface area contributed by atoms with Crippen molar-refractivity contribution in [1.82, 2.24) is 5.32 Å². The van der Waals surface area contributed by atoms with Crippen LogP contribution >= 0.6 is 0 Å². The van der Waals surface area contributed by atoms with Crippen molar-refractivity contribution in [3.05, 3.63) is 29.8 Å². The number of amides is 1. The van der Waals surface area contributed by atoms with Gasteiger partial charge in [-0.2, -0.15) is 0 Å². The van der Waals surface area contributed by atoms with Crippen molar-refractivity contribution in [2.24, 2.45) is 0 Å². The van der Waals surface area contributed by atoms with Crippen LogP contribution in [0.15, 0.2) is 24.3 Å². The van der Waals surface area contributed by atoms with E-state index in [0.717, 1.165) is 5.56 Å². The summed E-state index contributed by atoms with van der Waals surface area (Å²) in [5.41, 5.74) is 0.976. The zero-order valence-corrected chi connectivity index (χ0v) is 12.5. The second-order valence-corrected chi connectivity index (χ2v) is 5.37. The quantitative estimate of drug-likeness (QED) is 0.587. The summed E-state index contributed by atoms with van der Waals surface area (Å²) < 4.78 is 11.2. The predicted octanol–water partition coefficient (Wildman–Crippen LogP) is -0.682. The first-order valence-corrected chi connectivity index (χ1v) is 7.05. The normalized spacial score (nSPS) is 31.6.